The van der Waals surface area contributed by atoms with Gasteiger partial charge in [-0.3, -0.25) is 4.79 Å². The van der Waals surface area contributed by atoms with E-state index in [2.05, 4.69) is 21.2 Å². The molecule has 0 spiro atoms. The minimum absolute atomic E-state index is 0.0221. The fraction of sp³-hybridized carbons (Fsp3) is 0.562. The Morgan fingerprint density at radius 2 is 2.05 bits per heavy atom. The number of carbonyl (C=O) groups excluding carboxylic acids is 1. The van der Waals surface area contributed by atoms with Crippen LogP contribution in [0.1, 0.15) is 37.7 Å². The van der Waals surface area contributed by atoms with E-state index in [9.17, 15) is 18.0 Å². The number of hydrogen-bond acceptors (Lipinski definition) is 1. The number of anilines is 1. The summed E-state index contributed by atoms with van der Waals surface area (Å²) in [5.41, 5.74) is -0.575. The number of alkyl halides is 3. The van der Waals surface area contributed by atoms with Crippen molar-refractivity contribution in [3.8, 4) is 0 Å². The summed E-state index contributed by atoms with van der Waals surface area (Å²) in [7, 11) is 0. The lowest BCUT2D eigenvalue weighted by molar-refractivity contribution is -0.138. The summed E-state index contributed by atoms with van der Waals surface area (Å²) in [5.74, 6) is 1.60. The van der Waals surface area contributed by atoms with Crippen molar-refractivity contribution in [1.82, 2.24) is 0 Å². The van der Waals surface area contributed by atoms with Crippen LogP contribution in [-0.4, -0.2) is 5.91 Å². The third-order valence-corrected chi connectivity index (χ3v) is 5.58. The van der Waals surface area contributed by atoms with E-state index in [1.807, 2.05) is 0 Å². The summed E-state index contributed by atoms with van der Waals surface area (Å²) < 4.78 is 38.5. The van der Waals surface area contributed by atoms with Gasteiger partial charge in [0.05, 0.1) is 5.56 Å². The van der Waals surface area contributed by atoms with Crippen LogP contribution in [0.2, 0.25) is 0 Å². The van der Waals surface area contributed by atoms with E-state index in [0.29, 0.717) is 18.3 Å². The fourth-order valence-corrected chi connectivity index (χ4v) is 4.37. The van der Waals surface area contributed by atoms with Gasteiger partial charge in [0.2, 0.25) is 5.91 Å². The van der Waals surface area contributed by atoms with Crippen molar-refractivity contribution < 1.29 is 18.0 Å². The first kappa shape index (κ1) is 15.8. The van der Waals surface area contributed by atoms with E-state index in [0.717, 1.165) is 18.4 Å². The molecule has 1 aromatic rings. The van der Waals surface area contributed by atoms with Crippen molar-refractivity contribution in [3.05, 3.63) is 28.2 Å². The molecule has 2 aliphatic carbocycles. The van der Waals surface area contributed by atoms with Crippen molar-refractivity contribution in [1.29, 1.82) is 0 Å². The zero-order valence-corrected chi connectivity index (χ0v) is 13.5. The van der Waals surface area contributed by atoms with E-state index < -0.39 is 11.7 Å². The van der Waals surface area contributed by atoms with Gasteiger partial charge in [-0.05, 0) is 55.2 Å². The lowest BCUT2D eigenvalue weighted by Gasteiger charge is -2.21. The highest BCUT2D eigenvalue weighted by atomic mass is 79.9. The van der Waals surface area contributed by atoms with Crippen LogP contribution in [0.4, 0.5) is 18.9 Å². The average molecular weight is 376 g/mol. The fourth-order valence-electron chi connectivity index (χ4n) is 3.90. The Morgan fingerprint density at radius 3 is 2.64 bits per heavy atom. The lowest BCUT2D eigenvalue weighted by Crippen LogP contribution is -2.20. The van der Waals surface area contributed by atoms with Crippen molar-refractivity contribution in [2.75, 3.05) is 5.32 Å². The van der Waals surface area contributed by atoms with Crippen molar-refractivity contribution in [3.63, 3.8) is 0 Å². The largest absolute Gasteiger partial charge is 0.417 e. The maximum atomic E-state index is 12.9. The van der Waals surface area contributed by atoms with Crippen LogP contribution < -0.4 is 5.32 Å². The molecule has 1 N–H and O–H groups in total. The van der Waals surface area contributed by atoms with Gasteiger partial charge in [-0.2, -0.15) is 13.2 Å². The number of fused-ring (bicyclic) bond motifs is 2. The van der Waals surface area contributed by atoms with Gasteiger partial charge in [0, 0.05) is 16.6 Å². The van der Waals surface area contributed by atoms with Gasteiger partial charge >= 0.3 is 6.18 Å². The highest BCUT2D eigenvalue weighted by Gasteiger charge is 2.40. The minimum Gasteiger partial charge on any atom is -0.326 e. The van der Waals surface area contributed by atoms with E-state index in [-0.39, 0.29) is 16.1 Å². The van der Waals surface area contributed by atoms with Gasteiger partial charge in [0.25, 0.3) is 0 Å². The second kappa shape index (κ2) is 5.87. The number of halogens is 4. The van der Waals surface area contributed by atoms with Crippen molar-refractivity contribution >= 4 is 27.5 Å². The zero-order valence-electron chi connectivity index (χ0n) is 11.9. The molecule has 2 nitrogen and oxygen atoms in total. The standard InChI is InChI=1S/C16H17BrF3NO/c17-14-4-3-12(8-13(14)16(18,19)20)21-15(22)7-11-6-9-1-2-10(11)5-9/h3-4,8-11H,1-2,5-7H2,(H,21,22)/t9-,10+,11+/m0/s1. The van der Waals surface area contributed by atoms with Crippen molar-refractivity contribution in [2.45, 2.75) is 38.3 Å². The van der Waals surface area contributed by atoms with Gasteiger partial charge in [0.15, 0.2) is 0 Å². The molecule has 0 saturated heterocycles. The molecule has 3 atom stereocenters. The van der Waals surface area contributed by atoms with Crippen LogP contribution in [0.5, 0.6) is 0 Å². The van der Waals surface area contributed by atoms with Gasteiger partial charge in [-0.25, -0.2) is 0 Å². The molecule has 0 heterocycles. The van der Waals surface area contributed by atoms with Crippen LogP contribution in [0.15, 0.2) is 22.7 Å². The number of benzene rings is 1. The number of hydrogen-bond donors (Lipinski definition) is 1. The zero-order chi connectivity index (χ0) is 15.9. The predicted molar refractivity (Wildman–Crippen MR) is 81.3 cm³/mol. The average Bonchev–Trinajstić information content (AvgIpc) is 3.02. The van der Waals surface area contributed by atoms with Gasteiger partial charge in [-0.15, -0.1) is 0 Å². The number of carbonyl (C=O) groups is 1. The second-order valence-corrected chi connectivity index (χ2v) is 7.23. The normalized spacial score (nSPS) is 27.2. The first-order chi connectivity index (χ1) is 10.3. The van der Waals surface area contributed by atoms with Crippen LogP contribution in [0.25, 0.3) is 0 Å². The molecule has 1 aromatic carbocycles. The number of amides is 1. The van der Waals surface area contributed by atoms with Gasteiger partial charge in [0.1, 0.15) is 0 Å². The predicted octanol–water partition coefficient (Wildman–Crippen LogP) is 5.23. The van der Waals surface area contributed by atoms with Crippen molar-refractivity contribution in [2.24, 2.45) is 17.8 Å². The highest BCUT2D eigenvalue weighted by Crippen LogP contribution is 2.49. The maximum Gasteiger partial charge on any atom is 0.417 e. The Bertz CT molecular complexity index is 587. The molecular weight excluding hydrogens is 359 g/mol. The topological polar surface area (TPSA) is 29.1 Å². The molecule has 22 heavy (non-hydrogen) atoms. The Hall–Kier alpha value is -1.04. The Kier molecular flexibility index (Phi) is 4.23. The smallest absolute Gasteiger partial charge is 0.326 e. The molecule has 1 amide bonds. The van der Waals surface area contributed by atoms with E-state index in [1.54, 1.807) is 0 Å². The Morgan fingerprint density at radius 1 is 1.27 bits per heavy atom. The quantitative estimate of drug-likeness (QED) is 0.769. The van der Waals surface area contributed by atoms with Crippen LogP contribution >= 0.6 is 15.9 Å². The number of nitrogens with one attached hydrogen (secondary N) is 1. The summed E-state index contributed by atoms with van der Waals surface area (Å²) in [4.78, 5) is 12.1. The monoisotopic (exact) mass is 375 g/mol. The minimum atomic E-state index is -4.44. The molecule has 0 unspecified atom stereocenters. The van der Waals surface area contributed by atoms with Crippen LogP contribution in [0, 0.1) is 17.8 Å². The molecule has 2 fully saturated rings. The molecular formula is C16H17BrF3NO. The summed E-state index contributed by atoms with van der Waals surface area (Å²) in [6.45, 7) is 0. The van der Waals surface area contributed by atoms with Crippen LogP contribution in [-0.2, 0) is 11.0 Å². The molecule has 2 saturated carbocycles. The number of rotatable bonds is 3. The molecule has 0 radical (unpaired) electrons. The molecule has 2 bridgehead atoms. The van der Waals surface area contributed by atoms with Gasteiger partial charge in [-0.1, -0.05) is 22.4 Å². The Labute approximate surface area is 135 Å². The first-order valence-corrected chi connectivity index (χ1v) is 8.29. The molecule has 120 valence electrons. The first-order valence-electron chi connectivity index (χ1n) is 7.49. The second-order valence-electron chi connectivity index (χ2n) is 6.38. The van der Waals surface area contributed by atoms with E-state index >= 15 is 0 Å². The maximum absolute atomic E-state index is 12.9. The third kappa shape index (κ3) is 3.31. The third-order valence-electron chi connectivity index (χ3n) is 4.89. The Balaban J connectivity index is 1.64. The summed E-state index contributed by atoms with van der Waals surface area (Å²) in [5, 5.41) is 2.61. The van der Waals surface area contributed by atoms with E-state index in [1.165, 1.54) is 31.4 Å². The summed E-state index contributed by atoms with van der Waals surface area (Å²) in [6.07, 6.45) is 0.743. The summed E-state index contributed by atoms with van der Waals surface area (Å²) >= 11 is 2.89. The van der Waals surface area contributed by atoms with E-state index in [4.69, 9.17) is 0 Å². The van der Waals surface area contributed by atoms with Gasteiger partial charge < -0.3 is 5.32 Å². The highest BCUT2D eigenvalue weighted by molar-refractivity contribution is 9.10. The summed E-state index contributed by atoms with van der Waals surface area (Å²) in [6, 6.07) is 3.77. The molecule has 3 rings (SSSR count). The molecule has 0 aromatic heterocycles. The SMILES string of the molecule is O=C(C[C@H]1C[C@H]2CC[C@@H]1C2)Nc1ccc(Br)c(C(F)(F)F)c1. The molecule has 2 aliphatic rings. The molecule has 6 heteroatoms. The molecule has 0 aliphatic heterocycles. The van der Waals surface area contributed by atoms with Crippen LogP contribution in [0.3, 0.4) is 0 Å². The lowest BCUT2D eigenvalue weighted by atomic mass is 9.86.